The van der Waals surface area contributed by atoms with Crippen molar-refractivity contribution in [2.24, 2.45) is 0 Å². The third-order valence-electron chi connectivity index (χ3n) is 2.14. The lowest BCUT2D eigenvalue weighted by Gasteiger charge is -2.19. The minimum absolute atomic E-state index is 0.404. The maximum atomic E-state index is 11.4. The van der Waals surface area contributed by atoms with Gasteiger partial charge in [0.2, 0.25) is 0 Å². The number of benzene rings is 1. The topological polar surface area (TPSA) is 47.6 Å². The van der Waals surface area contributed by atoms with Gasteiger partial charge in [-0.05, 0) is 68.0 Å². The molecule has 0 saturated heterocycles. The van der Waals surface area contributed by atoms with Crippen molar-refractivity contribution in [1.82, 2.24) is 5.32 Å². The fourth-order valence-electron chi connectivity index (χ4n) is 1.35. The summed E-state index contributed by atoms with van der Waals surface area (Å²) in [5.41, 5.74) is -0.472. The van der Waals surface area contributed by atoms with Crippen LogP contribution in [0.2, 0.25) is 5.02 Å². The van der Waals surface area contributed by atoms with Crippen molar-refractivity contribution in [2.45, 2.75) is 32.8 Å². The van der Waals surface area contributed by atoms with Gasteiger partial charge in [0, 0.05) is 11.6 Å². The molecule has 0 aliphatic carbocycles. The Hall–Kier alpha value is -0.690. The molecule has 0 saturated carbocycles. The SMILES string of the molecule is CC(C)(C)OC(=O)NCCCOc1ccc(Cl)cc1I. The molecule has 1 amide bonds. The lowest BCUT2D eigenvalue weighted by atomic mass is 10.2. The largest absolute Gasteiger partial charge is 0.492 e. The van der Waals surface area contributed by atoms with Crippen LogP contribution in [0.4, 0.5) is 4.79 Å². The van der Waals surface area contributed by atoms with Gasteiger partial charge in [0.25, 0.3) is 0 Å². The third kappa shape index (κ3) is 7.19. The number of halogens is 2. The highest BCUT2D eigenvalue weighted by Crippen LogP contribution is 2.24. The number of carbonyl (C=O) groups is 1. The van der Waals surface area contributed by atoms with Crippen LogP contribution in [0.5, 0.6) is 5.75 Å². The average molecular weight is 412 g/mol. The zero-order valence-corrected chi connectivity index (χ0v) is 14.7. The van der Waals surface area contributed by atoms with Crippen molar-refractivity contribution in [3.05, 3.63) is 26.8 Å². The molecule has 112 valence electrons. The monoisotopic (exact) mass is 411 g/mol. The molecule has 20 heavy (non-hydrogen) atoms. The molecule has 0 fully saturated rings. The van der Waals surface area contributed by atoms with Gasteiger partial charge >= 0.3 is 6.09 Å². The Bertz CT molecular complexity index is 460. The van der Waals surface area contributed by atoms with E-state index in [2.05, 4.69) is 27.9 Å². The lowest BCUT2D eigenvalue weighted by Crippen LogP contribution is -2.33. The van der Waals surface area contributed by atoms with E-state index in [1.165, 1.54) is 0 Å². The molecule has 1 aromatic rings. The smallest absolute Gasteiger partial charge is 0.407 e. The zero-order chi connectivity index (χ0) is 15.2. The molecule has 1 rings (SSSR count). The van der Waals surface area contributed by atoms with Crippen LogP contribution in [0, 0.1) is 3.57 Å². The Kier molecular flexibility index (Phi) is 6.88. The van der Waals surface area contributed by atoms with E-state index in [0.717, 1.165) is 9.32 Å². The summed E-state index contributed by atoms with van der Waals surface area (Å²) in [5, 5.41) is 3.37. The van der Waals surface area contributed by atoms with E-state index in [1.54, 1.807) is 6.07 Å². The first-order valence-corrected chi connectivity index (χ1v) is 7.78. The summed E-state index contributed by atoms with van der Waals surface area (Å²) in [4.78, 5) is 11.4. The molecular formula is C14H19ClINO3. The van der Waals surface area contributed by atoms with E-state index in [1.807, 2.05) is 32.9 Å². The second kappa shape index (κ2) is 7.93. The van der Waals surface area contributed by atoms with E-state index in [0.29, 0.717) is 24.6 Å². The van der Waals surface area contributed by atoms with Crippen molar-refractivity contribution >= 4 is 40.3 Å². The van der Waals surface area contributed by atoms with Crippen molar-refractivity contribution in [3.8, 4) is 5.75 Å². The van der Waals surface area contributed by atoms with Gasteiger partial charge in [-0.25, -0.2) is 4.79 Å². The fraction of sp³-hybridized carbons (Fsp3) is 0.500. The summed E-state index contributed by atoms with van der Waals surface area (Å²) < 4.78 is 11.7. The predicted octanol–water partition coefficient (Wildman–Crippen LogP) is 4.24. The van der Waals surface area contributed by atoms with Gasteiger partial charge in [-0.3, -0.25) is 0 Å². The molecule has 4 nitrogen and oxygen atoms in total. The molecule has 1 aromatic carbocycles. The second-order valence-corrected chi connectivity index (χ2v) is 6.80. The molecular weight excluding hydrogens is 393 g/mol. The Labute approximate surface area is 138 Å². The lowest BCUT2D eigenvalue weighted by molar-refractivity contribution is 0.0525. The van der Waals surface area contributed by atoms with Crippen LogP contribution in [0.3, 0.4) is 0 Å². The molecule has 0 spiro atoms. The van der Waals surface area contributed by atoms with E-state index >= 15 is 0 Å². The number of ether oxygens (including phenoxy) is 2. The summed E-state index contributed by atoms with van der Waals surface area (Å²) in [6.45, 7) is 6.53. The van der Waals surface area contributed by atoms with E-state index < -0.39 is 11.7 Å². The van der Waals surface area contributed by atoms with Crippen LogP contribution < -0.4 is 10.1 Å². The number of nitrogens with one attached hydrogen (secondary N) is 1. The minimum atomic E-state index is -0.472. The van der Waals surface area contributed by atoms with Crippen LogP contribution in [-0.4, -0.2) is 24.8 Å². The number of hydrogen-bond donors (Lipinski definition) is 1. The van der Waals surface area contributed by atoms with Gasteiger partial charge in [-0.15, -0.1) is 0 Å². The molecule has 0 radical (unpaired) electrons. The van der Waals surface area contributed by atoms with Crippen molar-refractivity contribution in [1.29, 1.82) is 0 Å². The standard InChI is InChI=1S/C14H19ClINO3/c1-14(2,3)20-13(18)17-7-4-8-19-12-6-5-10(15)9-11(12)16/h5-6,9H,4,7-8H2,1-3H3,(H,17,18). The van der Waals surface area contributed by atoms with Crippen LogP contribution in [-0.2, 0) is 4.74 Å². The normalized spacial score (nSPS) is 11.1. The van der Waals surface area contributed by atoms with Gasteiger partial charge in [0.15, 0.2) is 0 Å². The van der Waals surface area contributed by atoms with Crippen molar-refractivity contribution in [2.75, 3.05) is 13.2 Å². The second-order valence-electron chi connectivity index (χ2n) is 5.21. The number of alkyl carbamates (subject to hydrolysis) is 1. The Balaban J connectivity index is 2.21. The number of hydrogen-bond acceptors (Lipinski definition) is 3. The summed E-state index contributed by atoms with van der Waals surface area (Å²) in [6.07, 6.45) is 0.302. The summed E-state index contributed by atoms with van der Waals surface area (Å²) in [7, 11) is 0. The maximum absolute atomic E-state index is 11.4. The van der Waals surface area contributed by atoms with Crippen molar-refractivity contribution < 1.29 is 14.3 Å². The van der Waals surface area contributed by atoms with E-state index in [4.69, 9.17) is 21.1 Å². The molecule has 1 N–H and O–H groups in total. The number of carbonyl (C=O) groups excluding carboxylic acids is 1. The molecule has 0 bridgehead atoms. The number of amides is 1. The van der Waals surface area contributed by atoms with Crippen LogP contribution in [0.1, 0.15) is 27.2 Å². The van der Waals surface area contributed by atoms with Crippen LogP contribution >= 0.6 is 34.2 Å². The quantitative estimate of drug-likeness (QED) is 0.582. The molecule has 0 heterocycles. The molecule has 0 aromatic heterocycles. The fourth-order valence-corrected chi connectivity index (χ4v) is 2.38. The first-order valence-electron chi connectivity index (χ1n) is 6.32. The molecule has 0 aliphatic heterocycles. The summed E-state index contributed by atoms with van der Waals surface area (Å²) in [5.74, 6) is 0.798. The minimum Gasteiger partial charge on any atom is -0.492 e. The summed E-state index contributed by atoms with van der Waals surface area (Å²) >= 11 is 8.04. The summed E-state index contributed by atoms with van der Waals surface area (Å²) in [6, 6.07) is 5.47. The van der Waals surface area contributed by atoms with E-state index in [9.17, 15) is 4.79 Å². The molecule has 6 heteroatoms. The van der Waals surface area contributed by atoms with Crippen molar-refractivity contribution in [3.63, 3.8) is 0 Å². The number of rotatable bonds is 5. The van der Waals surface area contributed by atoms with Gasteiger partial charge < -0.3 is 14.8 Å². The van der Waals surface area contributed by atoms with E-state index in [-0.39, 0.29) is 0 Å². The van der Waals surface area contributed by atoms with Gasteiger partial charge in [-0.2, -0.15) is 0 Å². The highest BCUT2D eigenvalue weighted by molar-refractivity contribution is 14.1. The first-order chi connectivity index (χ1) is 9.28. The highest BCUT2D eigenvalue weighted by atomic mass is 127. The van der Waals surface area contributed by atoms with Crippen LogP contribution in [0.15, 0.2) is 18.2 Å². The average Bonchev–Trinajstić information content (AvgIpc) is 2.28. The van der Waals surface area contributed by atoms with Crippen LogP contribution in [0.25, 0.3) is 0 Å². The molecule has 0 aliphatic rings. The molecule has 0 atom stereocenters. The zero-order valence-electron chi connectivity index (χ0n) is 11.8. The third-order valence-corrected chi connectivity index (χ3v) is 3.22. The van der Waals surface area contributed by atoms with Gasteiger partial charge in [0.05, 0.1) is 10.2 Å². The highest BCUT2D eigenvalue weighted by Gasteiger charge is 2.15. The van der Waals surface area contributed by atoms with Gasteiger partial charge in [0.1, 0.15) is 11.4 Å². The Morgan fingerprint density at radius 2 is 2.10 bits per heavy atom. The first kappa shape index (κ1) is 17.4. The maximum Gasteiger partial charge on any atom is 0.407 e. The Morgan fingerprint density at radius 3 is 2.70 bits per heavy atom. The molecule has 0 unspecified atom stereocenters. The van der Waals surface area contributed by atoms with Gasteiger partial charge in [-0.1, -0.05) is 11.6 Å². The predicted molar refractivity (Wildman–Crippen MR) is 88.5 cm³/mol. The Morgan fingerprint density at radius 1 is 1.40 bits per heavy atom.